The number of nitrogens with one attached hydrogen (secondary N) is 1. The Kier molecular flexibility index (Phi) is 5.78. The van der Waals surface area contributed by atoms with E-state index in [-0.39, 0.29) is 12.4 Å². The maximum Gasteiger partial charge on any atom is 0.119 e. The van der Waals surface area contributed by atoms with Crippen molar-refractivity contribution in [3.05, 3.63) is 59.1 Å². The third-order valence-corrected chi connectivity index (χ3v) is 2.59. The Morgan fingerprint density at radius 3 is 2.17 bits per heavy atom. The lowest BCUT2D eigenvalue weighted by molar-refractivity contribution is 0.306. The molecule has 0 bridgehead atoms. The molecule has 2 rings (SSSR count). The average molecular weight is 285 g/mol. The van der Waals surface area contributed by atoms with Gasteiger partial charge in [-0.05, 0) is 42.0 Å². The minimum absolute atomic E-state index is 0. The summed E-state index contributed by atoms with van der Waals surface area (Å²) >= 11 is 5.80. The van der Waals surface area contributed by atoms with Crippen molar-refractivity contribution in [3.8, 4) is 5.75 Å². The highest BCUT2D eigenvalue weighted by Crippen LogP contribution is 2.17. The standard InChI is InChI=1S/C13H13ClN2O.ClH/c14-11-3-1-10(2-4-11)9-17-13-7-5-12(16-15)6-8-13;/h1-8,16H,9,15H2;1H. The van der Waals surface area contributed by atoms with E-state index in [9.17, 15) is 0 Å². The van der Waals surface area contributed by atoms with Gasteiger partial charge in [0.05, 0.1) is 0 Å². The molecule has 5 heteroatoms. The van der Waals surface area contributed by atoms with Gasteiger partial charge in [-0.1, -0.05) is 23.7 Å². The van der Waals surface area contributed by atoms with Crippen LogP contribution in [0.25, 0.3) is 0 Å². The molecule has 0 atom stereocenters. The quantitative estimate of drug-likeness (QED) is 0.666. The fourth-order valence-electron chi connectivity index (χ4n) is 1.39. The SMILES string of the molecule is Cl.NNc1ccc(OCc2ccc(Cl)cc2)cc1. The Labute approximate surface area is 117 Å². The number of nitrogens with two attached hydrogens (primary N) is 1. The Morgan fingerprint density at radius 2 is 1.61 bits per heavy atom. The lowest BCUT2D eigenvalue weighted by atomic mass is 10.2. The normalized spacial score (nSPS) is 9.44. The second-order valence-electron chi connectivity index (χ2n) is 3.58. The fraction of sp³-hybridized carbons (Fsp3) is 0.0769. The van der Waals surface area contributed by atoms with Gasteiger partial charge in [0.1, 0.15) is 12.4 Å². The van der Waals surface area contributed by atoms with Gasteiger partial charge in [0.25, 0.3) is 0 Å². The second-order valence-corrected chi connectivity index (χ2v) is 4.02. The van der Waals surface area contributed by atoms with E-state index >= 15 is 0 Å². The van der Waals surface area contributed by atoms with Crippen LogP contribution in [0.2, 0.25) is 5.02 Å². The first-order chi connectivity index (χ1) is 8.28. The van der Waals surface area contributed by atoms with Crippen LogP contribution in [-0.4, -0.2) is 0 Å². The number of ether oxygens (including phenoxy) is 1. The smallest absolute Gasteiger partial charge is 0.119 e. The van der Waals surface area contributed by atoms with Crippen molar-refractivity contribution in [3.63, 3.8) is 0 Å². The highest BCUT2D eigenvalue weighted by molar-refractivity contribution is 6.30. The molecular weight excluding hydrogens is 271 g/mol. The van der Waals surface area contributed by atoms with E-state index in [0.717, 1.165) is 22.0 Å². The summed E-state index contributed by atoms with van der Waals surface area (Å²) in [6, 6.07) is 15.0. The zero-order valence-electron chi connectivity index (χ0n) is 9.60. The van der Waals surface area contributed by atoms with Crippen LogP contribution in [0.15, 0.2) is 48.5 Å². The molecule has 0 radical (unpaired) electrons. The fourth-order valence-corrected chi connectivity index (χ4v) is 1.52. The van der Waals surface area contributed by atoms with E-state index in [1.54, 1.807) is 0 Å². The summed E-state index contributed by atoms with van der Waals surface area (Å²) in [5.74, 6) is 6.08. The highest BCUT2D eigenvalue weighted by Gasteiger charge is 1.96. The maximum absolute atomic E-state index is 5.80. The molecule has 0 aliphatic rings. The maximum atomic E-state index is 5.80. The molecule has 96 valence electrons. The molecule has 2 aromatic rings. The molecule has 0 amide bonds. The van der Waals surface area contributed by atoms with Gasteiger partial charge in [0, 0.05) is 10.7 Å². The zero-order chi connectivity index (χ0) is 12.1. The van der Waals surface area contributed by atoms with Gasteiger partial charge in [0.15, 0.2) is 0 Å². The molecule has 0 spiro atoms. The molecule has 0 heterocycles. The minimum atomic E-state index is 0. The van der Waals surface area contributed by atoms with Crippen LogP contribution in [0.1, 0.15) is 5.56 Å². The van der Waals surface area contributed by atoms with Gasteiger partial charge in [-0.15, -0.1) is 12.4 Å². The molecule has 2 aromatic carbocycles. The summed E-state index contributed by atoms with van der Waals surface area (Å²) < 4.78 is 5.62. The molecule has 0 aliphatic heterocycles. The third-order valence-electron chi connectivity index (χ3n) is 2.34. The number of benzene rings is 2. The monoisotopic (exact) mass is 284 g/mol. The summed E-state index contributed by atoms with van der Waals surface area (Å²) in [5, 5.41) is 0.729. The first-order valence-corrected chi connectivity index (χ1v) is 5.59. The number of halogens is 2. The molecule has 3 N–H and O–H groups in total. The molecule has 3 nitrogen and oxygen atoms in total. The molecule has 0 aliphatic carbocycles. The number of rotatable bonds is 4. The van der Waals surface area contributed by atoms with Crippen LogP contribution in [0.4, 0.5) is 5.69 Å². The number of hydrogen-bond acceptors (Lipinski definition) is 3. The Hall–Kier alpha value is -1.42. The van der Waals surface area contributed by atoms with Crippen molar-refractivity contribution in [1.29, 1.82) is 0 Å². The zero-order valence-corrected chi connectivity index (χ0v) is 11.2. The predicted molar refractivity (Wildman–Crippen MR) is 77.3 cm³/mol. The van der Waals surface area contributed by atoms with E-state index in [0.29, 0.717) is 6.61 Å². The van der Waals surface area contributed by atoms with Crippen LogP contribution >= 0.6 is 24.0 Å². The van der Waals surface area contributed by atoms with Crippen molar-refractivity contribution in [2.45, 2.75) is 6.61 Å². The Bertz CT molecular complexity index is 471. The van der Waals surface area contributed by atoms with Crippen LogP contribution in [0.5, 0.6) is 5.75 Å². The van der Waals surface area contributed by atoms with Crippen molar-refractivity contribution in [1.82, 2.24) is 0 Å². The van der Waals surface area contributed by atoms with Crippen molar-refractivity contribution in [2.75, 3.05) is 5.43 Å². The van der Waals surface area contributed by atoms with E-state index < -0.39 is 0 Å². The van der Waals surface area contributed by atoms with E-state index in [4.69, 9.17) is 22.2 Å². The van der Waals surface area contributed by atoms with Gasteiger partial charge in [-0.2, -0.15) is 0 Å². The largest absolute Gasteiger partial charge is 0.489 e. The van der Waals surface area contributed by atoms with Gasteiger partial charge in [-0.25, -0.2) is 0 Å². The average Bonchev–Trinajstić information content (AvgIpc) is 2.39. The van der Waals surface area contributed by atoms with Crippen LogP contribution in [0.3, 0.4) is 0 Å². The number of anilines is 1. The minimum Gasteiger partial charge on any atom is -0.489 e. The van der Waals surface area contributed by atoms with Gasteiger partial charge in [-0.3, -0.25) is 5.84 Å². The van der Waals surface area contributed by atoms with Gasteiger partial charge >= 0.3 is 0 Å². The topological polar surface area (TPSA) is 47.3 Å². The summed E-state index contributed by atoms with van der Waals surface area (Å²) in [6.07, 6.45) is 0. The molecule has 0 unspecified atom stereocenters. The first kappa shape index (κ1) is 14.6. The molecule has 18 heavy (non-hydrogen) atoms. The molecular formula is C13H14Cl2N2O. The number of hydrogen-bond donors (Lipinski definition) is 2. The summed E-state index contributed by atoms with van der Waals surface area (Å²) in [6.45, 7) is 0.520. The summed E-state index contributed by atoms with van der Waals surface area (Å²) in [7, 11) is 0. The van der Waals surface area contributed by atoms with E-state index in [2.05, 4.69) is 5.43 Å². The number of nitrogen functional groups attached to an aromatic ring is 1. The molecule has 0 saturated heterocycles. The summed E-state index contributed by atoms with van der Waals surface area (Å²) in [4.78, 5) is 0. The van der Waals surface area contributed by atoms with E-state index in [1.165, 1.54) is 0 Å². The van der Waals surface area contributed by atoms with Crippen molar-refractivity contribution < 1.29 is 4.74 Å². The Balaban J connectivity index is 0.00000162. The predicted octanol–water partition coefficient (Wildman–Crippen LogP) is 3.63. The van der Waals surface area contributed by atoms with Crippen LogP contribution < -0.4 is 16.0 Å². The summed E-state index contributed by atoms with van der Waals surface area (Å²) in [5.41, 5.74) is 4.49. The van der Waals surface area contributed by atoms with Gasteiger partial charge < -0.3 is 10.2 Å². The Morgan fingerprint density at radius 1 is 1.00 bits per heavy atom. The molecule has 0 saturated carbocycles. The number of hydrazine groups is 1. The highest BCUT2D eigenvalue weighted by atomic mass is 35.5. The van der Waals surface area contributed by atoms with Gasteiger partial charge in [0.2, 0.25) is 0 Å². The van der Waals surface area contributed by atoms with Crippen LogP contribution in [-0.2, 0) is 6.61 Å². The van der Waals surface area contributed by atoms with E-state index in [1.807, 2.05) is 48.5 Å². The second kappa shape index (κ2) is 7.11. The van der Waals surface area contributed by atoms with Crippen LogP contribution in [0, 0.1) is 0 Å². The lowest BCUT2D eigenvalue weighted by Crippen LogP contribution is -2.06. The molecule has 0 aromatic heterocycles. The third kappa shape index (κ3) is 4.11. The first-order valence-electron chi connectivity index (χ1n) is 5.22. The lowest BCUT2D eigenvalue weighted by Gasteiger charge is -2.07. The van der Waals surface area contributed by atoms with Crippen molar-refractivity contribution >= 4 is 29.7 Å². The molecule has 0 fully saturated rings. The van der Waals surface area contributed by atoms with Crippen molar-refractivity contribution in [2.24, 2.45) is 5.84 Å².